The van der Waals surface area contributed by atoms with Gasteiger partial charge in [0.2, 0.25) is 5.91 Å². The Labute approximate surface area is 90.3 Å². The monoisotopic (exact) mass is 207 g/mol. The molecule has 4 heteroatoms. The molecule has 0 radical (unpaired) electrons. The van der Waals surface area contributed by atoms with Crippen molar-refractivity contribution < 1.29 is 9.18 Å². The first-order chi connectivity index (χ1) is 7.04. The molecule has 1 aromatic rings. The van der Waals surface area contributed by atoms with Gasteiger partial charge in [0, 0.05) is 12.0 Å². The molecule has 0 saturated carbocycles. The van der Waals surface area contributed by atoms with Crippen LogP contribution in [-0.4, -0.2) is 13.8 Å². The Kier molecular flexibility index (Phi) is 3.89. The lowest BCUT2D eigenvalue weighted by Gasteiger charge is -2.14. The number of amides is 1. The van der Waals surface area contributed by atoms with Gasteiger partial charge in [-0.05, 0) is 13.0 Å². The topological polar surface area (TPSA) is 29.1 Å². The maximum absolute atomic E-state index is 13.5. The van der Waals surface area contributed by atoms with Crippen molar-refractivity contribution in [2.45, 2.75) is 26.3 Å². The van der Waals surface area contributed by atoms with E-state index in [9.17, 15) is 9.18 Å². The first kappa shape index (κ1) is 11.8. The molecule has 0 aromatic heterocycles. The van der Waals surface area contributed by atoms with Crippen molar-refractivity contribution in [1.29, 1.82) is 0 Å². The number of hydrogen-bond donors (Lipinski definition) is 1. The van der Waals surface area contributed by atoms with Gasteiger partial charge in [-0.3, -0.25) is 4.79 Å². The number of halogens is 1. The molecule has 0 bridgehead atoms. The molecule has 1 unspecified atom stereocenters. The van der Waals surface area contributed by atoms with Gasteiger partial charge in [0.25, 0.3) is 0 Å². The van der Waals surface area contributed by atoms with E-state index in [2.05, 4.69) is 5.32 Å². The van der Waals surface area contributed by atoms with Gasteiger partial charge in [0.1, 0.15) is 13.7 Å². The minimum Gasteiger partial charge on any atom is -0.349 e. The smallest absolute Gasteiger partial charge is 0.220 e. The first-order valence-electron chi connectivity index (χ1n) is 5.10. The third-order valence-corrected chi connectivity index (χ3v) is 2.32. The van der Waals surface area contributed by atoms with Crippen LogP contribution in [0.15, 0.2) is 18.2 Å². The Morgan fingerprint density at radius 1 is 1.60 bits per heavy atom. The highest BCUT2D eigenvalue weighted by atomic mass is 19.1. The highest BCUT2D eigenvalue weighted by Gasteiger charge is 2.12. The second-order valence-electron chi connectivity index (χ2n) is 3.67. The van der Waals surface area contributed by atoms with Gasteiger partial charge in [-0.15, -0.1) is 0 Å². The van der Waals surface area contributed by atoms with E-state index in [0.29, 0.717) is 12.0 Å². The summed E-state index contributed by atoms with van der Waals surface area (Å²) in [4.78, 5) is 11.1. The molecule has 1 atom stereocenters. The SMILES string of the molecule is Bc1ccc(C(C)NC(=O)CC)c(F)c1. The summed E-state index contributed by atoms with van der Waals surface area (Å²) in [6, 6.07) is 4.75. The van der Waals surface area contributed by atoms with E-state index in [-0.39, 0.29) is 17.8 Å². The zero-order valence-electron chi connectivity index (χ0n) is 9.30. The van der Waals surface area contributed by atoms with Gasteiger partial charge >= 0.3 is 0 Å². The predicted molar refractivity (Wildman–Crippen MR) is 61.4 cm³/mol. The Morgan fingerprint density at radius 3 is 2.80 bits per heavy atom. The van der Waals surface area contributed by atoms with Gasteiger partial charge in [-0.25, -0.2) is 4.39 Å². The number of hydrogen-bond acceptors (Lipinski definition) is 1. The average molecular weight is 207 g/mol. The van der Waals surface area contributed by atoms with Crippen LogP contribution in [0.1, 0.15) is 31.9 Å². The Bertz CT molecular complexity index is 368. The van der Waals surface area contributed by atoms with Crippen LogP contribution >= 0.6 is 0 Å². The van der Waals surface area contributed by atoms with Crippen molar-refractivity contribution in [3.63, 3.8) is 0 Å². The summed E-state index contributed by atoms with van der Waals surface area (Å²) in [7, 11) is 1.84. The molecule has 0 fully saturated rings. The van der Waals surface area contributed by atoms with E-state index >= 15 is 0 Å². The van der Waals surface area contributed by atoms with Crippen LogP contribution in [0.5, 0.6) is 0 Å². The molecule has 1 aromatic carbocycles. The van der Waals surface area contributed by atoms with E-state index < -0.39 is 0 Å². The standard InChI is InChI=1S/C11H15BFNO/c1-3-11(15)14-7(2)9-5-4-8(12)6-10(9)13/h4-7H,3,12H2,1-2H3,(H,14,15). The maximum atomic E-state index is 13.5. The van der Waals surface area contributed by atoms with Crippen molar-refractivity contribution in [3.8, 4) is 0 Å². The summed E-state index contributed by atoms with van der Waals surface area (Å²) < 4.78 is 13.5. The van der Waals surface area contributed by atoms with E-state index in [1.165, 1.54) is 6.07 Å². The van der Waals surface area contributed by atoms with Crippen LogP contribution in [0.2, 0.25) is 0 Å². The Balaban J connectivity index is 2.82. The fraction of sp³-hybridized carbons (Fsp3) is 0.364. The molecule has 2 nitrogen and oxygen atoms in total. The predicted octanol–water partition coefficient (Wildman–Crippen LogP) is 0.671. The summed E-state index contributed by atoms with van der Waals surface area (Å²) in [5, 5.41) is 2.73. The van der Waals surface area contributed by atoms with E-state index in [1.807, 2.05) is 13.9 Å². The van der Waals surface area contributed by atoms with Crippen molar-refractivity contribution in [2.75, 3.05) is 0 Å². The largest absolute Gasteiger partial charge is 0.349 e. The molecule has 15 heavy (non-hydrogen) atoms. The molecule has 0 aliphatic carbocycles. The Morgan fingerprint density at radius 2 is 2.27 bits per heavy atom. The second kappa shape index (κ2) is 4.96. The summed E-state index contributed by atoms with van der Waals surface area (Å²) in [5.74, 6) is -0.332. The van der Waals surface area contributed by atoms with Gasteiger partial charge in [-0.2, -0.15) is 0 Å². The van der Waals surface area contributed by atoms with E-state index in [0.717, 1.165) is 5.46 Å². The lowest BCUT2D eigenvalue weighted by atomic mass is 9.93. The van der Waals surface area contributed by atoms with Crippen LogP contribution < -0.4 is 10.8 Å². The van der Waals surface area contributed by atoms with Crippen molar-refractivity contribution >= 4 is 19.2 Å². The quantitative estimate of drug-likeness (QED) is 0.725. The van der Waals surface area contributed by atoms with Gasteiger partial charge in [-0.1, -0.05) is 24.5 Å². The van der Waals surface area contributed by atoms with E-state index in [1.54, 1.807) is 19.9 Å². The van der Waals surface area contributed by atoms with Gasteiger partial charge in [0.05, 0.1) is 6.04 Å². The molecule has 1 rings (SSSR count). The number of rotatable bonds is 3. The highest BCUT2D eigenvalue weighted by Crippen LogP contribution is 2.15. The van der Waals surface area contributed by atoms with E-state index in [4.69, 9.17) is 0 Å². The van der Waals surface area contributed by atoms with Gasteiger partial charge < -0.3 is 5.32 Å². The average Bonchev–Trinajstić information content (AvgIpc) is 2.17. The zero-order valence-corrected chi connectivity index (χ0v) is 9.30. The minimum absolute atomic E-state index is 0.0672. The van der Waals surface area contributed by atoms with Crippen LogP contribution in [0.4, 0.5) is 4.39 Å². The fourth-order valence-electron chi connectivity index (χ4n) is 1.40. The molecule has 1 N–H and O–H groups in total. The fourth-order valence-corrected chi connectivity index (χ4v) is 1.40. The number of carbonyl (C=O) groups is 1. The van der Waals surface area contributed by atoms with Crippen LogP contribution in [-0.2, 0) is 4.79 Å². The van der Waals surface area contributed by atoms with Gasteiger partial charge in [0.15, 0.2) is 0 Å². The summed E-state index contributed by atoms with van der Waals surface area (Å²) in [6.45, 7) is 3.55. The molecule has 0 aliphatic rings. The van der Waals surface area contributed by atoms with Crippen LogP contribution in [0.25, 0.3) is 0 Å². The van der Waals surface area contributed by atoms with Crippen LogP contribution in [0, 0.1) is 5.82 Å². The second-order valence-corrected chi connectivity index (χ2v) is 3.67. The third kappa shape index (κ3) is 3.08. The summed E-state index contributed by atoms with van der Waals surface area (Å²) in [5.41, 5.74) is 1.41. The van der Waals surface area contributed by atoms with Crippen molar-refractivity contribution in [1.82, 2.24) is 5.32 Å². The molecular formula is C11H15BFNO. The number of benzene rings is 1. The minimum atomic E-state index is -0.280. The molecule has 0 spiro atoms. The summed E-state index contributed by atoms with van der Waals surface area (Å²) in [6.07, 6.45) is 0.415. The zero-order chi connectivity index (χ0) is 11.4. The highest BCUT2D eigenvalue weighted by molar-refractivity contribution is 6.32. The normalized spacial score (nSPS) is 12.2. The Hall–Kier alpha value is -1.32. The summed E-state index contributed by atoms with van der Waals surface area (Å²) >= 11 is 0. The van der Waals surface area contributed by atoms with Crippen molar-refractivity contribution in [3.05, 3.63) is 29.6 Å². The number of nitrogens with one attached hydrogen (secondary N) is 1. The molecule has 1 amide bonds. The first-order valence-corrected chi connectivity index (χ1v) is 5.10. The lowest BCUT2D eigenvalue weighted by Crippen LogP contribution is -2.26. The molecule has 0 saturated heterocycles. The molecule has 80 valence electrons. The molecule has 0 aliphatic heterocycles. The molecule has 0 heterocycles. The number of carbonyl (C=O) groups excluding carboxylic acids is 1. The maximum Gasteiger partial charge on any atom is 0.220 e. The molecular weight excluding hydrogens is 192 g/mol. The van der Waals surface area contributed by atoms with Crippen molar-refractivity contribution in [2.24, 2.45) is 0 Å². The lowest BCUT2D eigenvalue weighted by molar-refractivity contribution is -0.121. The van der Waals surface area contributed by atoms with Crippen LogP contribution in [0.3, 0.4) is 0 Å². The third-order valence-electron chi connectivity index (χ3n) is 2.32.